The summed E-state index contributed by atoms with van der Waals surface area (Å²) in [5.74, 6) is 0.303. The van der Waals surface area contributed by atoms with Gasteiger partial charge in [0.15, 0.2) is 5.65 Å². The molecule has 0 radical (unpaired) electrons. The standard InChI is InChI=1S/C16H14N6OS/c1-9-14-15(19-20-16(14)22(2)21-9)18-12(23)7-8-13-17-10-5-3-4-6-11(10)24-13/h3-8H,1-2H3,(H2,18,19,20,23)/b8-7+. The van der Waals surface area contributed by atoms with Gasteiger partial charge in [0.25, 0.3) is 0 Å². The molecule has 0 aliphatic rings. The van der Waals surface area contributed by atoms with Gasteiger partial charge in [-0.05, 0) is 25.1 Å². The Bertz CT molecular complexity index is 1050. The van der Waals surface area contributed by atoms with E-state index < -0.39 is 0 Å². The van der Waals surface area contributed by atoms with E-state index in [2.05, 4.69) is 25.6 Å². The predicted molar refractivity (Wildman–Crippen MR) is 94.9 cm³/mol. The minimum Gasteiger partial charge on any atom is -0.307 e. The summed E-state index contributed by atoms with van der Waals surface area (Å²) in [5.41, 5.74) is 2.45. The van der Waals surface area contributed by atoms with Crippen LogP contribution in [0.5, 0.6) is 0 Å². The molecular weight excluding hydrogens is 324 g/mol. The zero-order valence-corrected chi connectivity index (χ0v) is 13.9. The molecule has 120 valence electrons. The normalized spacial score (nSPS) is 11.8. The molecule has 4 rings (SSSR count). The SMILES string of the molecule is Cc1nn(C)c2n[nH]c(NC(=O)/C=C/c3nc4ccccc4s3)c12. The summed E-state index contributed by atoms with van der Waals surface area (Å²) in [6.07, 6.45) is 3.18. The van der Waals surface area contributed by atoms with E-state index in [1.807, 2.05) is 38.2 Å². The lowest BCUT2D eigenvalue weighted by Gasteiger charge is -1.97. The highest BCUT2D eigenvalue weighted by molar-refractivity contribution is 7.19. The first-order valence-electron chi connectivity index (χ1n) is 7.34. The molecule has 0 saturated heterocycles. The number of carbonyl (C=O) groups is 1. The first-order valence-corrected chi connectivity index (χ1v) is 8.16. The first-order chi connectivity index (χ1) is 11.6. The third kappa shape index (κ3) is 2.46. The average Bonchev–Trinajstić information content (AvgIpc) is 3.22. The Balaban J connectivity index is 1.55. The fourth-order valence-corrected chi connectivity index (χ4v) is 3.47. The molecule has 7 nitrogen and oxygen atoms in total. The van der Waals surface area contributed by atoms with Crippen molar-refractivity contribution >= 4 is 50.4 Å². The maximum Gasteiger partial charge on any atom is 0.249 e. The van der Waals surface area contributed by atoms with Crippen LogP contribution in [0.25, 0.3) is 27.3 Å². The second-order valence-corrected chi connectivity index (χ2v) is 6.41. The van der Waals surface area contributed by atoms with Gasteiger partial charge in [-0.15, -0.1) is 11.3 Å². The zero-order chi connectivity index (χ0) is 16.7. The van der Waals surface area contributed by atoms with E-state index in [-0.39, 0.29) is 5.91 Å². The number of benzene rings is 1. The van der Waals surface area contributed by atoms with Crippen LogP contribution in [0.1, 0.15) is 10.7 Å². The van der Waals surface area contributed by atoms with E-state index in [4.69, 9.17) is 0 Å². The predicted octanol–water partition coefficient (Wildman–Crippen LogP) is 2.87. The number of aromatic nitrogens is 5. The van der Waals surface area contributed by atoms with Crippen molar-refractivity contribution in [2.24, 2.45) is 7.05 Å². The van der Waals surface area contributed by atoms with Gasteiger partial charge < -0.3 is 5.32 Å². The highest BCUT2D eigenvalue weighted by Crippen LogP contribution is 2.24. The summed E-state index contributed by atoms with van der Waals surface area (Å²) in [4.78, 5) is 16.6. The van der Waals surface area contributed by atoms with E-state index in [1.54, 1.807) is 22.1 Å². The van der Waals surface area contributed by atoms with Crippen LogP contribution in [0, 0.1) is 6.92 Å². The Morgan fingerprint density at radius 2 is 2.21 bits per heavy atom. The minimum atomic E-state index is -0.247. The molecule has 8 heteroatoms. The molecule has 0 fully saturated rings. The minimum absolute atomic E-state index is 0.247. The molecule has 1 aromatic carbocycles. The third-order valence-electron chi connectivity index (χ3n) is 3.65. The number of carbonyl (C=O) groups excluding carboxylic acids is 1. The molecule has 0 spiro atoms. The number of nitrogens with zero attached hydrogens (tertiary/aromatic N) is 4. The van der Waals surface area contributed by atoms with Crippen LogP contribution in [0.15, 0.2) is 30.3 Å². The van der Waals surface area contributed by atoms with Gasteiger partial charge in [0.2, 0.25) is 5.91 Å². The number of aromatic amines is 1. The third-order valence-corrected chi connectivity index (χ3v) is 4.65. The number of hydrogen-bond acceptors (Lipinski definition) is 5. The van der Waals surface area contributed by atoms with Gasteiger partial charge >= 0.3 is 0 Å². The highest BCUT2D eigenvalue weighted by atomic mass is 32.1. The lowest BCUT2D eigenvalue weighted by Crippen LogP contribution is -2.08. The molecule has 0 unspecified atom stereocenters. The number of nitrogens with one attached hydrogen (secondary N) is 2. The molecule has 3 aromatic heterocycles. The lowest BCUT2D eigenvalue weighted by atomic mass is 10.3. The molecule has 0 atom stereocenters. The van der Waals surface area contributed by atoms with Crippen LogP contribution in [-0.2, 0) is 11.8 Å². The monoisotopic (exact) mass is 338 g/mol. The second-order valence-electron chi connectivity index (χ2n) is 5.35. The van der Waals surface area contributed by atoms with Crippen LogP contribution in [-0.4, -0.2) is 30.9 Å². The van der Waals surface area contributed by atoms with Crippen molar-refractivity contribution < 1.29 is 4.79 Å². The van der Waals surface area contributed by atoms with Crippen molar-refractivity contribution in [2.75, 3.05) is 5.32 Å². The van der Waals surface area contributed by atoms with Crippen LogP contribution >= 0.6 is 11.3 Å². The van der Waals surface area contributed by atoms with Crippen LogP contribution in [0.3, 0.4) is 0 Å². The molecule has 0 saturated carbocycles. The Kier molecular flexibility index (Phi) is 3.39. The smallest absolute Gasteiger partial charge is 0.249 e. The van der Waals surface area contributed by atoms with Gasteiger partial charge in [-0.3, -0.25) is 9.89 Å². The molecule has 2 N–H and O–H groups in total. The number of anilines is 1. The lowest BCUT2D eigenvalue weighted by molar-refractivity contribution is -0.111. The summed E-state index contributed by atoms with van der Waals surface area (Å²) < 4.78 is 2.77. The molecular formula is C16H14N6OS. The van der Waals surface area contributed by atoms with E-state index in [0.717, 1.165) is 26.3 Å². The number of amides is 1. The van der Waals surface area contributed by atoms with Crippen molar-refractivity contribution in [3.05, 3.63) is 41.0 Å². The molecule has 0 bridgehead atoms. The van der Waals surface area contributed by atoms with Crippen LogP contribution in [0.4, 0.5) is 5.82 Å². The summed E-state index contributed by atoms with van der Waals surface area (Å²) in [6.45, 7) is 1.88. The summed E-state index contributed by atoms with van der Waals surface area (Å²) >= 11 is 1.54. The fraction of sp³-hybridized carbons (Fsp3) is 0.125. The first kappa shape index (κ1) is 14.6. The zero-order valence-electron chi connectivity index (χ0n) is 13.1. The van der Waals surface area contributed by atoms with E-state index in [0.29, 0.717) is 11.5 Å². The maximum absolute atomic E-state index is 12.2. The number of H-pyrrole nitrogens is 1. The number of thiazole rings is 1. The van der Waals surface area contributed by atoms with Gasteiger partial charge in [-0.25, -0.2) is 9.67 Å². The summed E-state index contributed by atoms with van der Waals surface area (Å²) in [7, 11) is 1.81. The summed E-state index contributed by atoms with van der Waals surface area (Å²) in [6, 6.07) is 7.88. The molecule has 0 aliphatic heterocycles. The number of para-hydroxylation sites is 1. The van der Waals surface area contributed by atoms with Crippen LogP contribution in [0.2, 0.25) is 0 Å². The number of rotatable bonds is 3. The van der Waals surface area contributed by atoms with E-state index >= 15 is 0 Å². The molecule has 0 aliphatic carbocycles. The van der Waals surface area contributed by atoms with Gasteiger partial charge in [0.05, 0.1) is 21.3 Å². The van der Waals surface area contributed by atoms with E-state index in [9.17, 15) is 4.79 Å². The van der Waals surface area contributed by atoms with Crippen molar-refractivity contribution in [3.8, 4) is 0 Å². The van der Waals surface area contributed by atoms with Crippen LogP contribution < -0.4 is 5.32 Å². The fourth-order valence-electron chi connectivity index (χ4n) is 2.60. The number of hydrogen-bond donors (Lipinski definition) is 2. The molecule has 1 amide bonds. The molecule has 24 heavy (non-hydrogen) atoms. The Morgan fingerprint density at radius 3 is 3.04 bits per heavy atom. The topological polar surface area (TPSA) is 88.5 Å². The average molecular weight is 338 g/mol. The van der Waals surface area contributed by atoms with Gasteiger partial charge in [-0.1, -0.05) is 12.1 Å². The van der Waals surface area contributed by atoms with Gasteiger partial charge in [0.1, 0.15) is 10.8 Å². The van der Waals surface area contributed by atoms with Gasteiger partial charge in [-0.2, -0.15) is 10.2 Å². The highest BCUT2D eigenvalue weighted by Gasteiger charge is 2.14. The number of fused-ring (bicyclic) bond motifs is 2. The van der Waals surface area contributed by atoms with Gasteiger partial charge in [0, 0.05) is 13.1 Å². The Labute approximate surface area is 141 Å². The van der Waals surface area contributed by atoms with Crippen molar-refractivity contribution in [1.82, 2.24) is 25.0 Å². The molecule has 4 aromatic rings. The Morgan fingerprint density at radius 1 is 1.38 bits per heavy atom. The summed E-state index contributed by atoms with van der Waals surface area (Å²) in [5, 5.41) is 15.7. The quantitative estimate of drug-likeness (QED) is 0.562. The second kappa shape index (κ2) is 5.57. The van der Waals surface area contributed by atoms with Crippen molar-refractivity contribution in [2.45, 2.75) is 6.92 Å². The molecule has 3 heterocycles. The maximum atomic E-state index is 12.2. The van der Waals surface area contributed by atoms with Crippen molar-refractivity contribution in [3.63, 3.8) is 0 Å². The van der Waals surface area contributed by atoms with Crippen molar-refractivity contribution in [1.29, 1.82) is 0 Å². The largest absolute Gasteiger partial charge is 0.307 e. The van der Waals surface area contributed by atoms with E-state index in [1.165, 1.54) is 6.08 Å². The Hall–Kier alpha value is -3.00. The number of aryl methyl sites for hydroxylation is 2.